The van der Waals surface area contributed by atoms with Crippen LogP contribution in [0.2, 0.25) is 0 Å². The second kappa shape index (κ2) is 6.15. The van der Waals surface area contributed by atoms with Gasteiger partial charge in [-0.3, -0.25) is 9.78 Å². The molecule has 104 valence electrons. The molecule has 0 saturated heterocycles. The van der Waals surface area contributed by atoms with Crippen LogP contribution in [-0.2, 0) is 0 Å². The van der Waals surface area contributed by atoms with Crippen molar-refractivity contribution in [2.45, 2.75) is 45.6 Å². The minimum absolute atomic E-state index is 0.0453. The highest BCUT2D eigenvalue weighted by Crippen LogP contribution is 2.23. The molecule has 0 aromatic carbocycles. The molecule has 2 rings (SSSR count). The standard InChI is InChI=1S/C15H22N2O2/c1-10-3-8-14(11(2)17-10)15(19)16-9-12-4-6-13(18)7-5-12/h3,8,12-13,18H,4-7,9H2,1-2H3,(H,16,19). The number of nitrogens with one attached hydrogen (secondary N) is 1. The minimum atomic E-state index is -0.143. The van der Waals surface area contributed by atoms with Gasteiger partial charge >= 0.3 is 0 Å². The maximum atomic E-state index is 12.1. The van der Waals surface area contributed by atoms with E-state index in [9.17, 15) is 9.90 Å². The van der Waals surface area contributed by atoms with E-state index >= 15 is 0 Å². The highest BCUT2D eigenvalue weighted by Gasteiger charge is 2.20. The van der Waals surface area contributed by atoms with Crippen molar-refractivity contribution in [3.8, 4) is 0 Å². The van der Waals surface area contributed by atoms with E-state index in [-0.39, 0.29) is 12.0 Å². The summed E-state index contributed by atoms with van der Waals surface area (Å²) in [6.45, 7) is 4.47. The Morgan fingerprint density at radius 1 is 1.32 bits per heavy atom. The first-order chi connectivity index (χ1) is 9.06. The number of pyridine rings is 1. The fourth-order valence-electron chi connectivity index (χ4n) is 2.61. The number of nitrogens with zero attached hydrogens (tertiary/aromatic N) is 1. The molecule has 1 saturated carbocycles. The largest absolute Gasteiger partial charge is 0.393 e. The molecule has 1 fully saturated rings. The third-order valence-electron chi connectivity index (χ3n) is 3.84. The van der Waals surface area contributed by atoms with E-state index in [1.807, 2.05) is 26.0 Å². The predicted octanol–water partition coefficient (Wildman–Crippen LogP) is 1.98. The lowest BCUT2D eigenvalue weighted by Gasteiger charge is -2.25. The third-order valence-corrected chi connectivity index (χ3v) is 3.84. The molecule has 0 aliphatic heterocycles. The van der Waals surface area contributed by atoms with Crippen molar-refractivity contribution in [3.05, 3.63) is 29.1 Å². The van der Waals surface area contributed by atoms with Crippen LogP contribution in [0.25, 0.3) is 0 Å². The molecule has 0 radical (unpaired) electrons. The molecule has 1 aromatic heterocycles. The SMILES string of the molecule is Cc1ccc(C(=O)NCC2CCC(O)CC2)c(C)n1. The summed E-state index contributed by atoms with van der Waals surface area (Å²) in [5.74, 6) is 0.446. The van der Waals surface area contributed by atoms with Crippen molar-refractivity contribution in [2.75, 3.05) is 6.54 Å². The van der Waals surface area contributed by atoms with Crippen molar-refractivity contribution in [3.63, 3.8) is 0 Å². The molecule has 0 spiro atoms. The highest BCUT2D eigenvalue weighted by atomic mass is 16.3. The molecule has 1 heterocycles. The maximum absolute atomic E-state index is 12.1. The zero-order chi connectivity index (χ0) is 13.8. The Morgan fingerprint density at radius 3 is 2.63 bits per heavy atom. The van der Waals surface area contributed by atoms with E-state index < -0.39 is 0 Å². The van der Waals surface area contributed by atoms with Crippen LogP contribution in [-0.4, -0.2) is 28.6 Å². The van der Waals surface area contributed by atoms with Gasteiger partial charge in [-0.1, -0.05) is 0 Å². The number of amides is 1. The number of aliphatic hydroxyl groups excluding tert-OH is 1. The quantitative estimate of drug-likeness (QED) is 0.875. The molecule has 0 bridgehead atoms. The molecule has 0 unspecified atom stereocenters. The van der Waals surface area contributed by atoms with Gasteiger partial charge in [0.2, 0.25) is 0 Å². The summed E-state index contributed by atoms with van der Waals surface area (Å²) >= 11 is 0. The van der Waals surface area contributed by atoms with Gasteiger partial charge in [0, 0.05) is 12.2 Å². The second-order valence-electron chi connectivity index (χ2n) is 5.47. The lowest BCUT2D eigenvalue weighted by molar-refractivity contribution is 0.0909. The fourth-order valence-corrected chi connectivity index (χ4v) is 2.61. The number of aliphatic hydroxyl groups is 1. The van der Waals surface area contributed by atoms with Crippen molar-refractivity contribution >= 4 is 5.91 Å². The van der Waals surface area contributed by atoms with Crippen molar-refractivity contribution in [1.82, 2.24) is 10.3 Å². The number of rotatable bonds is 3. The van der Waals surface area contributed by atoms with Gasteiger partial charge in [-0.05, 0) is 57.6 Å². The van der Waals surface area contributed by atoms with Crippen LogP contribution in [0.4, 0.5) is 0 Å². The smallest absolute Gasteiger partial charge is 0.253 e. The van der Waals surface area contributed by atoms with Crippen molar-refractivity contribution in [1.29, 1.82) is 0 Å². The van der Waals surface area contributed by atoms with Gasteiger partial charge in [0.25, 0.3) is 5.91 Å². The molecular formula is C15H22N2O2. The average Bonchev–Trinajstić information content (AvgIpc) is 2.37. The van der Waals surface area contributed by atoms with E-state index in [1.54, 1.807) is 0 Å². The first kappa shape index (κ1) is 14.0. The van der Waals surface area contributed by atoms with Crippen molar-refractivity contribution in [2.24, 2.45) is 5.92 Å². The highest BCUT2D eigenvalue weighted by molar-refractivity contribution is 5.95. The lowest BCUT2D eigenvalue weighted by atomic mass is 9.87. The molecule has 1 aliphatic rings. The van der Waals surface area contributed by atoms with Crippen LogP contribution in [0.5, 0.6) is 0 Å². The summed E-state index contributed by atoms with van der Waals surface area (Å²) in [6.07, 6.45) is 3.55. The first-order valence-corrected chi connectivity index (χ1v) is 6.97. The Balaban J connectivity index is 1.87. The minimum Gasteiger partial charge on any atom is -0.393 e. The molecule has 19 heavy (non-hydrogen) atoms. The predicted molar refractivity (Wildman–Crippen MR) is 74.0 cm³/mol. The van der Waals surface area contributed by atoms with E-state index in [4.69, 9.17) is 0 Å². The third kappa shape index (κ3) is 3.77. The van der Waals surface area contributed by atoms with Crippen LogP contribution in [0.3, 0.4) is 0 Å². The Bertz CT molecular complexity index is 451. The van der Waals surface area contributed by atoms with E-state index in [1.165, 1.54) is 0 Å². The lowest BCUT2D eigenvalue weighted by Crippen LogP contribution is -2.32. The Kier molecular flexibility index (Phi) is 4.53. The topological polar surface area (TPSA) is 62.2 Å². The zero-order valence-electron chi connectivity index (χ0n) is 11.6. The van der Waals surface area contributed by atoms with Crippen LogP contribution in [0, 0.1) is 19.8 Å². The summed E-state index contributed by atoms with van der Waals surface area (Å²) in [6, 6.07) is 3.69. The van der Waals surface area contributed by atoms with E-state index in [0.29, 0.717) is 18.0 Å². The van der Waals surface area contributed by atoms with Crippen molar-refractivity contribution < 1.29 is 9.90 Å². The maximum Gasteiger partial charge on any atom is 0.253 e. The number of aryl methyl sites for hydroxylation is 2. The summed E-state index contributed by atoms with van der Waals surface area (Å²) < 4.78 is 0. The summed E-state index contributed by atoms with van der Waals surface area (Å²) in [5.41, 5.74) is 2.35. The molecule has 1 amide bonds. The zero-order valence-corrected chi connectivity index (χ0v) is 11.6. The number of hydrogen-bond donors (Lipinski definition) is 2. The van der Waals surface area contributed by atoms with Gasteiger partial charge < -0.3 is 10.4 Å². The Morgan fingerprint density at radius 2 is 2.00 bits per heavy atom. The second-order valence-corrected chi connectivity index (χ2v) is 5.47. The number of aromatic nitrogens is 1. The number of carbonyl (C=O) groups excluding carboxylic acids is 1. The number of carbonyl (C=O) groups is 1. The van der Waals surface area contributed by atoms with Crippen LogP contribution < -0.4 is 5.32 Å². The van der Waals surface area contributed by atoms with Gasteiger partial charge in [0.15, 0.2) is 0 Å². The van der Waals surface area contributed by atoms with Crippen LogP contribution in [0.15, 0.2) is 12.1 Å². The fraction of sp³-hybridized carbons (Fsp3) is 0.600. The molecule has 2 N–H and O–H groups in total. The molecule has 1 aromatic rings. The molecule has 4 heteroatoms. The van der Waals surface area contributed by atoms with Crippen LogP contribution in [0.1, 0.15) is 47.4 Å². The molecule has 0 atom stereocenters. The normalized spacial score (nSPS) is 23.1. The molecule has 1 aliphatic carbocycles. The average molecular weight is 262 g/mol. The van der Waals surface area contributed by atoms with Crippen LogP contribution >= 0.6 is 0 Å². The monoisotopic (exact) mass is 262 g/mol. The first-order valence-electron chi connectivity index (χ1n) is 6.97. The van der Waals surface area contributed by atoms with Gasteiger partial charge in [0.05, 0.1) is 17.4 Å². The van der Waals surface area contributed by atoms with E-state index in [0.717, 1.165) is 37.1 Å². The van der Waals surface area contributed by atoms with Gasteiger partial charge in [-0.2, -0.15) is 0 Å². The molecular weight excluding hydrogens is 240 g/mol. The Labute approximate surface area is 114 Å². The van der Waals surface area contributed by atoms with E-state index in [2.05, 4.69) is 10.3 Å². The van der Waals surface area contributed by atoms with Gasteiger partial charge in [-0.15, -0.1) is 0 Å². The molecule has 4 nitrogen and oxygen atoms in total. The Hall–Kier alpha value is -1.42. The summed E-state index contributed by atoms with van der Waals surface area (Å²) in [4.78, 5) is 16.4. The summed E-state index contributed by atoms with van der Waals surface area (Å²) in [5, 5.41) is 12.4. The summed E-state index contributed by atoms with van der Waals surface area (Å²) in [7, 11) is 0. The van der Waals surface area contributed by atoms with Gasteiger partial charge in [-0.25, -0.2) is 0 Å². The number of hydrogen-bond acceptors (Lipinski definition) is 3. The van der Waals surface area contributed by atoms with Gasteiger partial charge in [0.1, 0.15) is 0 Å².